The first-order chi connectivity index (χ1) is 8.65. The van der Waals surface area contributed by atoms with E-state index in [0.29, 0.717) is 6.42 Å². The van der Waals surface area contributed by atoms with Crippen LogP contribution in [0.15, 0.2) is 5.38 Å². The number of nitrogens with one attached hydrogen (secondary N) is 1. The number of nitrogens with zero attached hydrogens (tertiary/aromatic N) is 2. The minimum atomic E-state index is 0.0731. The van der Waals surface area contributed by atoms with Gasteiger partial charge >= 0.3 is 0 Å². The maximum atomic E-state index is 11.6. The predicted molar refractivity (Wildman–Crippen MR) is 76.0 cm³/mol. The minimum Gasteiger partial charge on any atom is -0.356 e. The first-order valence-corrected chi connectivity index (χ1v) is 7.43. The summed E-state index contributed by atoms with van der Waals surface area (Å²) in [6.45, 7) is 10.2. The highest BCUT2D eigenvalue weighted by atomic mass is 32.1. The molecule has 0 aromatic carbocycles. The van der Waals surface area contributed by atoms with Crippen LogP contribution in [0.2, 0.25) is 0 Å². The molecule has 1 rings (SSSR count). The highest BCUT2D eigenvalue weighted by Gasteiger charge is 2.06. The molecule has 1 aromatic rings. The second-order valence-corrected chi connectivity index (χ2v) is 5.23. The van der Waals surface area contributed by atoms with Crippen molar-refractivity contribution in [3.8, 4) is 0 Å². The summed E-state index contributed by atoms with van der Waals surface area (Å²) in [6, 6.07) is 0. The van der Waals surface area contributed by atoms with E-state index in [2.05, 4.69) is 29.0 Å². The summed E-state index contributed by atoms with van der Waals surface area (Å²) in [5, 5.41) is 5.82. The smallest absolute Gasteiger partial charge is 0.226 e. The van der Waals surface area contributed by atoms with Crippen molar-refractivity contribution in [1.82, 2.24) is 15.2 Å². The monoisotopic (exact) mass is 269 g/mol. The molecule has 0 aliphatic rings. The molecule has 0 atom stereocenters. The Morgan fingerprint density at radius 3 is 2.72 bits per heavy atom. The molecule has 0 bridgehead atoms. The molecular formula is C13H23N3OS. The van der Waals surface area contributed by atoms with E-state index < -0.39 is 0 Å². The van der Waals surface area contributed by atoms with Gasteiger partial charge in [0.15, 0.2) is 0 Å². The second-order valence-electron chi connectivity index (χ2n) is 4.29. The minimum absolute atomic E-state index is 0.0731. The molecule has 18 heavy (non-hydrogen) atoms. The summed E-state index contributed by atoms with van der Waals surface area (Å²) < 4.78 is 0. The normalized spacial score (nSPS) is 10.9. The third-order valence-corrected chi connectivity index (χ3v) is 3.81. The first-order valence-electron chi connectivity index (χ1n) is 6.55. The molecule has 1 aromatic heterocycles. The molecule has 0 radical (unpaired) electrons. The van der Waals surface area contributed by atoms with Gasteiger partial charge in [-0.2, -0.15) is 0 Å². The van der Waals surface area contributed by atoms with Gasteiger partial charge in [-0.25, -0.2) is 4.98 Å². The van der Waals surface area contributed by atoms with Crippen molar-refractivity contribution < 1.29 is 4.79 Å². The molecule has 0 saturated carbocycles. The highest BCUT2D eigenvalue weighted by molar-refractivity contribution is 7.09. The number of rotatable bonds is 8. The van der Waals surface area contributed by atoms with Crippen LogP contribution < -0.4 is 5.32 Å². The molecule has 0 saturated heterocycles. The van der Waals surface area contributed by atoms with E-state index in [1.807, 2.05) is 12.3 Å². The fraction of sp³-hybridized carbons (Fsp3) is 0.692. The molecule has 102 valence electrons. The van der Waals surface area contributed by atoms with Crippen LogP contribution in [-0.4, -0.2) is 42.0 Å². The second kappa shape index (κ2) is 8.21. The molecule has 1 amide bonds. The van der Waals surface area contributed by atoms with Crippen molar-refractivity contribution >= 4 is 17.2 Å². The Morgan fingerprint density at radius 2 is 2.17 bits per heavy atom. The average molecular weight is 269 g/mol. The lowest BCUT2D eigenvalue weighted by Crippen LogP contribution is -2.30. The third-order valence-electron chi connectivity index (χ3n) is 2.85. The molecule has 5 heteroatoms. The SMILES string of the molecule is CCN(CC)CCCNC(=O)Cc1nc(C)cs1. The fourth-order valence-electron chi connectivity index (χ4n) is 1.75. The Hall–Kier alpha value is -0.940. The van der Waals surface area contributed by atoms with Crippen molar-refractivity contribution in [2.24, 2.45) is 0 Å². The number of carbonyl (C=O) groups excluding carboxylic acids is 1. The predicted octanol–water partition coefficient (Wildman–Crippen LogP) is 1.84. The molecular weight excluding hydrogens is 246 g/mol. The summed E-state index contributed by atoms with van der Waals surface area (Å²) in [6.07, 6.45) is 1.41. The number of hydrogen-bond acceptors (Lipinski definition) is 4. The van der Waals surface area contributed by atoms with E-state index >= 15 is 0 Å². The summed E-state index contributed by atoms with van der Waals surface area (Å²) >= 11 is 1.55. The van der Waals surface area contributed by atoms with Gasteiger partial charge in [0.05, 0.1) is 6.42 Å². The van der Waals surface area contributed by atoms with Crippen LogP contribution in [-0.2, 0) is 11.2 Å². The number of thiazole rings is 1. The summed E-state index contributed by atoms with van der Waals surface area (Å²) in [5.41, 5.74) is 0.990. The molecule has 0 fully saturated rings. The van der Waals surface area contributed by atoms with Gasteiger partial charge in [-0.1, -0.05) is 13.8 Å². The van der Waals surface area contributed by atoms with Gasteiger partial charge in [0.25, 0.3) is 0 Å². The van der Waals surface area contributed by atoms with Crippen LogP contribution in [0.1, 0.15) is 31.0 Å². The Morgan fingerprint density at radius 1 is 1.44 bits per heavy atom. The zero-order chi connectivity index (χ0) is 13.4. The van der Waals surface area contributed by atoms with Gasteiger partial charge in [-0.15, -0.1) is 11.3 Å². The summed E-state index contributed by atoms with van der Waals surface area (Å²) in [7, 11) is 0. The molecule has 0 unspecified atom stereocenters. The van der Waals surface area contributed by atoms with Crippen molar-refractivity contribution in [2.45, 2.75) is 33.6 Å². The average Bonchev–Trinajstić information content (AvgIpc) is 2.75. The summed E-state index contributed by atoms with van der Waals surface area (Å²) in [5.74, 6) is 0.0731. The molecule has 1 heterocycles. The van der Waals surface area contributed by atoms with Crippen LogP contribution in [0.4, 0.5) is 0 Å². The van der Waals surface area contributed by atoms with E-state index in [1.54, 1.807) is 11.3 Å². The van der Waals surface area contributed by atoms with Gasteiger partial charge in [0, 0.05) is 17.6 Å². The quantitative estimate of drug-likeness (QED) is 0.733. The van der Waals surface area contributed by atoms with Gasteiger partial charge < -0.3 is 10.2 Å². The lowest BCUT2D eigenvalue weighted by Gasteiger charge is -2.17. The lowest BCUT2D eigenvalue weighted by atomic mass is 10.3. The van der Waals surface area contributed by atoms with Gasteiger partial charge in [0.2, 0.25) is 5.91 Å². The van der Waals surface area contributed by atoms with Crippen LogP contribution >= 0.6 is 11.3 Å². The highest BCUT2D eigenvalue weighted by Crippen LogP contribution is 2.08. The maximum absolute atomic E-state index is 11.6. The Bertz CT molecular complexity index is 361. The molecule has 0 spiro atoms. The van der Waals surface area contributed by atoms with Crippen molar-refractivity contribution in [3.63, 3.8) is 0 Å². The maximum Gasteiger partial charge on any atom is 0.226 e. The standard InChI is InChI=1S/C13H23N3OS/c1-4-16(5-2)8-6-7-14-12(17)9-13-15-11(3)10-18-13/h10H,4-9H2,1-3H3,(H,14,17). The summed E-state index contributed by atoms with van der Waals surface area (Å²) in [4.78, 5) is 18.3. The largest absolute Gasteiger partial charge is 0.356 e. The molecule has 0 aliphatic heterocycles. The number of aryl methyl sites for hydroxylation is 1. The number of hydrogen-bond donors (Lipinski definition) is 1. The number of amides is 1. The third kappa shape index (κ3) is 5.60. The van der Waals surface area contributed by atoms with Crippen LogP contribution in [0.3, 0.4) is 0 Å². The lowest BCUT2D eigenvalue weighted by molar-refractivity contribution is -0.120. The van der Waals surface area contributed by atoms with Crippen molar-refractivity contribution in [2.75, 3.05) is 26.2 Å². The Kier molecular flexibility index (Phi) is 6.90. The zero-order valence-electron chi connectivity index (χ0n) is 11.5. The van der Waals surface area contributed by atoms with E-state index in [1.165, 1.54) is 0 Å². The van der Waals surface area contributed by atoms with Crippen LogP contribution in [0, 0.1) is 6.92 Å². The van der Waals surface area contributed by atoms with Crippen molar-refractivity contribution in [1.29, 1.82) is 0 Å². The van der Waals surface area contributed by atoms with E-state index in [4.69, 9.17) is 0 Å². The Labute approximate surface area is 113 Å². The molecule has 4 nitrogen and oxygen atoms in total. The van der Waals surface area contributed by atoms with Gasteiger partial charge in [0.1, 0.15) is 5.01 Å². The molecule has 0 aliphatic carbocycles. The van der Waals surface area contributed by atoms with Gasteiger partial charge in [-0.05, 0) is 33.0 Å². The number of aromatic nitrogens is 1. The zero-order valence-corrected chi connectivity index (χ0v) is 12.3. The Balaban J connectivity index is 2.14. The number of carbonyl (C=O) groups is 1. The van der Waals surface area contributed by atoms with E-state index in [-0.39, 0.29) is 5.91 Å². The van der Waals surface area contributed by atoms with Crippen LogP contribution in [0.25, 0.3) is 0 Å². The van der Waals surface area contributed by atoms with Crippen molar-refractivity contribution in [3.05, 3.63) is 16.1 Å². The fourth-order valence-corrected chi connectivity index (χ4v) is 2.52. The van der Waals surface area contributed by atoms with Gasteiger partial charge in [-0.3, -0.25) is 4.79 Å². The molecule has 1 N–H and O–H groups in total. The first kappa shape index (κ1) is 15.1. The van der Waals surface area contributed by atoms with E-state index in [0.717, 1.165) is 43.3 Å². The van der Waals surface area contributed by atoms with Crippen LogP contribution in [0.5, 0.6) is 0 Å². The topological polar surface area (TPSA) is 45.2 Å². The van der Waals surface area contributed by atoms with E-state index in [9.17, 15) is 4.79 Å².